The first-order chi connectivity index (χ1) is 10.7. The molecule has 5 nitrogen and oxygen atoms in total. The molecule has 1 atom stereocenters. The van der Waals surface area contributed by atoms with Crippen molar-refractivity contribution in [1.82, 2.24) is 15.0 Å². The van der Waals surface area contributed by atoms with Gasteiger partial charge in [-0.1, -0.05) is 35.8 Å². The fourth-order valence-corrected chi connectivity index (χ4v) is 2.96. The Balaban J connectivity index is 1.77. The number of carbonyl (C=O) groups excluding carboxylic acids is 1. The highest BCUT2D eigenvalue weighted by Crippen LogP contribution is 2.28. The molecule has 0 spiro atoms. The number of likely N-dealkylation sites (tertiary alicyclic amines) is 1. The number of aromatic nitrogens is 2. The standard InChI is InChI=1S/C16H18ClN3O2/c1-2-14(21)20-8-4-6-12(10-20)16-18-15(19-22-16)11-5-3-7-13(17)9-11/h3,5,7,9,12H,2,4,6,8,10H2,1H3/t12-/m0/s1. The highest BCUT2D eigenvalue weighted by Gasteiger charge is 2.28. The Labute approximate surface area is 134 Å². The maximum absolute atomic E-state index is 11.9. The lowest BCUT2D eigenvalue weighted by Crippen LogP contribution is -2.38. The quantitative estimate of drug-likeness (QED) is 0.868. The highest BCUT2D eigenvalue weighted by molar-refractivity contribution is 6.30. The Morgan fingerprint density at radius 2 is 2.36 bits per heavy atom. The van der Waals surface area contributed by atoms with Gasteiger partial charge < -0.3 is 9.42 Å². The van der Waals surface area contributed by atoms with Gasteiger partial charge in [0.2, 0.25) is 17.6 Å². The lowest BCUT2D eigenvalue weighted by atomic mass is 9.97. The van der Waals surface area contributed by atoms with Crippen LogP contribution in [0.4, 0.5) is 0 Å². The van der Waals surface area contributed by atoms with Crippen LogP contribution in [-0.4, -0.2) is 34.0 Å². The van der Waals surface area contributed by atoms with Gasteiger partial charge in [0.05, 0.1) is 5.92 Å². The second-order valence-corrected chi connectivity index (χ2v) is 5.94. The minimum absolute atomic E-state index is 0.115. The van der Waals surface area contributed by atoms with E-state index in [1.165, 1.54) is 0 Å². The van der Waals surface area contributed by atoms with E-state index < -0.39 is 0 Å². The van der Waals surface area contributed by atoms with E-state index in [-0.39, 0.29) is 11.8 Å². The van der Waals surface area contributed by atoms with Crippen molar-refractivity contribution in [3.63, 3.8) is 0 Å². The van der Waals surface area contributed by atoms with Gasteiger partial charge in [-0.2, -0.15) is 4.98 Å². The van der Waals surface area contributed by atoms with Gasteiger partial charge in [0.15, 0.2) is 0 Å². The maximum Gasteiger partial charge on any atom is 0.231 e. The molecule has 0 unspecified atom stereocenters. The first-order valence-corrected chi connectivity index (χ1v) is 7.92. The summed E-state index contributed by atoms with van der Waals surface area (Å²) >= 11 is 5.99. The predicted octanol–water partition coefficient (Wildman–Crippen LogP) is 3.51. The smallest absolute Gasteiger partial charge is 0.231 e. The van der Waals surface area contributed by atoms with Gasteiger partial charge in [-0.05, 0) is 25.0 Å². The van der Waals surface area contributed by atoms with Crippen molar-refractivity contribution in [2.24, 2.45) is 0 Å². The van der Waals surface area contributed by atoms with E-state index in [9.17, 15) is 4.79 Å². The van der Waals surface area contributed by atoms with Crippen molar-refractivity contribution < 1.29 is 9.32 Å². The van der Waals surface area contributed by atoms with E-state index >= 15 is 0 Å². The fourth-order valence-electron chi connectivity index (χ4n) is 2.77. The topological polar surface area (TPSA) is 59.2 Å². The zero-order chi connectivity index (χ0) is 15.5. The molecule has 1 aromatic carbocycles. The summed E-state index contributed by atoms with van der Waals surface area (Å²) in [5.74, 6) is 1.43. The third kappa shape index (κ3) is 3.14. The number of hydrogen-bond acceptors (Lipinski definition) is 4. The number of rotatable bonds is 3. The molecule has 2 aromatic rings. The molecule has 0 aliphatic carbocycles. The SMILES string of the molecule is CCC(=O)N1CCC[C@H](c2nc(-c3cccc(Cl)c3)no2)C1. The molecule has 2 heterocycles. The van der Waals surface area contributed by atoms with Crippen LogP contribution in [-0.2, 0) is 4.79 Å². The van der Waals surface area contributed by atoms with Crippen molar-refractivity contribution in [1.29, 1.82) is 0 Å². The Hall–Kier alpha value is -1.88. The van der Waals surface area contributed by atoms with Gasteiger partial charge >= 0.3 is 0 Å². The normalized spacial score (nSPS) is 18.5. The van der Waals surface area contributed by atoms with Crippen LogP contribution in [0, 0.1) is 0 Å². The van der Waals surface area contributed by atoms with Gasteiger partial charge in [-0.3, -0.25) is 4.79 Å². The van der Waals surface area contributed by atoms with Crippen LogP contribution in [0.1, 0.15) is 38.0 Å². The number of amides is 1. The van der Waals surface area contributed by atoms with Crippen LogP contribution in [0.2, 0.25) is 5.02 Å². The molecule has 1 aliphatic heterocycles. The minimum atomic E-state index is 0.115. The van der Waals surface area contributed by atoms with Gasteiger partial charge in [0, 0.05) is 30.1 Å². The number of benzene rings is 1. The molecule has 116 valence electrons. The largest absolute Gasteiger partial charge is 0.342 e. The fraction of sp³-hybridized carbons (Fsp3) is 0.438. The van der Waals surface area contributed by atoms with Crippen molar-refractivity contribution in [2.75, 3.05) is 13.1 Å². The van der Waals surface area contributed by atoms with Gasteiger partial charge in [-0.25, -0.2) is 0 Å². The predicted molar refractivity (Wildman–Crippen MR) is 83.6 cm³/mol. The monoisotopic (exact) mass is 319 g/mol. The summed E-state index contributed by atoms with van der Waals surface area (Å²) in [6.45, 7) is 3.36. The lowest BCUT2D eigenvalue weighted by molar-refractivity contribution is -0.132. The Bertz CT molecular complexity index is 671. The minimum Gasteiger partial charge on any atom is -0.342 e. The first kappa shape index (κ1) is 15.0. The molecule has 0 saturated carbocycles. The first-order valence-electron chi connectivity index (χ1n) is 7.54. The molecule has 1 saturated heterocycles. The molecule has 3 rings (SSSR count). The summed E-state index contributed by atoms with van der Waals surface area (Å²) in [5, 5.41) is 4.68. The Kier molecular flexibility index (Phi) is 4.43. The zero-order valence-corrected chi connectivity index (χ0v) is 13.2. The average molecular weight is 320 g/mol. The molecule has 1 amide bonds. The molecule has 1 aliphatic rings. The van der Waals surface area contributed by atoms with Crippen molar-refractivity contribution in [3.8, 4) is 11.4 Å². The van der Waals surface area contributed by atoms with E-state index in [0.29, 0.717) is 29.7 Å². The molecular weight excluding hydrogens is 302 g/mol. The molecule has 0 bridgehead atoms. The van der Waals surface area contributed by atoms with Crippen LogP contribution in [0.25, 0.3) is 11.4 Å². The van der Waals surface area contributed by atoms with Crippen LogP contribution in [0.5, 0.6) is 0 Å². The molecule has 22 heavy (non-hydrogen) atoms. The number of hydrogen-bond donors (Lipinski definition) is 0. The second-order valence-electron chi connectivity index (χ2n) is 5.50. The Morgan fingerprint density at radius 3 is 3.14 bits per heavy atom. The van der Waals surface area contributed by atoms with Gasteiger partial charge in [0.25, 0.3) is 0 Å². The summed E-state index contributed by atoms with van der Waals surface area (Å²) in [6, 6.07) is 7.37. The number of piperidine rings is 1. The van der Waals surface area contributed by atoms with Crippen molar-refractivity contribution in [2.45, 2.75) is 32.1 Å². The number of halogens is 1. The van der Waals surface area contributed by atoms with Crippen molar-refractivity contribution in [3.05, 3.63) is 35.2 Å². The van der Waals surface area contributed by atoms with Crippen LogP contribution in [0.15, 0.2) is 28.8 Å². The molecule has 6 heteroatoms. The highest BCUT2D eigenvalue weighted by atomic mass is 35.5. The van der Waals surface area contributed by atoms with E-state index in [0.717, 1.165) is 24.9 Å². The number of carbonyl (C=O) groups is 1. The summed E-state index contributed by atoms with van der Waals surface area (Å²) in [4.78, 5) is 18.2. The second kappa shape index (κ2) is 6.48. The summed E-state index contributed by atoms with van der Waals surface area (Å²) in [6.07, 6.45) is 2.46. The third-order valence-electron chi connectivity index (χ3n) is 3.95. The van der Waals surface area contributed by atoms with Gasteiger partial charge in [-0.15, -0.1) is 0 Å². The van der Waals surface area contributed by atoms with E-state index in [2.05, 4.69) is 10.1 Å². The van der Waals surface area contributed by atoms with E-state index in [1.807, 2.05) is 30.0 Å². The molecule has 0 radical (unpaired) electrons. The molecular formula is C16H18ClN3O2. The molecule has 1 aromatic heterocycles. The third-order valence-corrected chi connectivity index (χ3v) is 4.19. The van der Waals surface area contributed by atoms with Gasteiger partial charge in [0.1, 0.15) is 0 Å². The lowest BCUT2D eigenvalue weighted by Gasteiger charge is -2.30. The van der Waals surface area contributed by atoms with Crippen LogP contribution < -0.4 is 0 Å². The van der Waals surface area contributed by atoms with Crippen LogP contribution >= 0.6 is 11.6 Å². The summed E-state index contributed by atoms with van der Waals surface area (Å²) in [5.41, 5.74) is 0.833. The summed E-state index contributed by atoms with van der Waals surface area (Å²) in [7, 11) is 0. The maximum atomic E-state index is 11.9. The molecule has 1 fully saturated rings. The Morgan fingerprint density at radius 1 is 1.50 bits per heavy atom. The average Bonchev–Trinajstić information content (AvgIpc) is 3.04. The van der Waals surface area contributed by atoms with E-state index in [4.69, 9.17) is 16.1 Å². The van der Waals surface area contributed by atoms with Crippen LogP contribution in [0.3, 0.4) is 0 Å². The number of nitrogens with zero attached hydrogens (tertiary/aromatic N) is 3. The molecule has 0 N–H and O–H groups in total. The summed E-state index contributed by atoms with van der Waals surface area (Å²) < 4.78 is 5.42. The zero-order valence-electron chi connectivity index (χ0n) is 12.5. The van der Waals surface area contributed by atoms with E-state index in [1.54, 1.807) is 6.07 Å². The van der Waals surface area contributed by atoms with Crippen molar-refractivity contribution >= 4 is 17.5 Å².